The van der Waals surface area contributed by atoms with E-state index in [0.717, 1.165) is 25.9 Å². The Morgan fingerprint density at radius 2 is 1.91 bits per heavy atom. The molecule has 1 saturated heterocycles. The van der Waals surface area contributed by atoms with Gasteiger partial charge in [-0.05, 0) is 52.7 Å². The van der Waals surface area contributed by atoms with E-state index >= 15 is 0 Å². The molecule has 0 bridgehead atoms. The lowest BCUT2D eigenvalue weighted by atomic mass is 9.95. The molecule has 136 valence electrons. The van der Waals surface area contributed by atoms with Crippen LogP contribution in [0.4, 0.5) is 13.2 Å². The number of aliphatic hydroxyl groups is 1. The molecule has 0 aromatic heterocycles. The zero-order valence-corrected chi connectivity index (χ0v) is 14.1. The summed E-state index contributed by atoms with van der Waals surface area (Å²) in [5.74, 6) is -0.181. The summed E-state index contributed by atoms with van der Waals surface area (Å²) in [7, 11) is 1.76. The number of hydrogen-bond donors (Lipinski definition) is 2. The summed E-state index contributed by atoms with van der Waals surface area (Å²) in [4.78, 5) is 15.8. The van der Waals surface area contributed by atoms with Crippen molar-refractivity contribution >= 4 is 5.91 Å². The summed E-state index contributed by atoms with van der Waals surface area (Å²) >= 11 is 0. The Hall–Kier alpha value is -0.860. The first-order chi connectivity index (χ1) is 10.6. The molecule has 2 N–H and O–H groups in total. The number of β-amino-alcohol motifs (C(OH)–C–C–N with tert-alkyl or cyclic N) is 1. The molecular weight excluding hydrogens is 311 g/mol. The fourth-order valence-corrected chi connectivity index (χ4v) is 2.83. The second-order valence-electron chi connectivity index (χ2n) is 6.54. The lowest BCUT2D eigenvalue weighted by Gasteiger charge is -2.35. The smallest absolute Gasteiger partial charge is 0.392 e. The van der Waals surface area contributed by atoms with E-state index in [-0.39, 0.29) is 6.10 Å². The molecule has 23 heavy (non-hydrogen) atoms. The van der Waals surface area contributed by atoms with Gasteiger partial charge in [-0.15, -0.1) is 0 Å². The van der Waals surface area contributed by atoms with Crippen LogP contribution in [0.1, 0.15) is 26.7 Å². The number of likely N-dealkylation sites (tertiary alicyclic amines) is 1. The van der Waals surface area contributed by atoms with Gasteiger partial charge in [-0.3, -0.25) is 9.69 Å². The molecule has 8 heteroatoms. The van der Waals surface area contributed by atoms with Gasteiger partial charge in [-0.2, -0.15) is 13.2 Å². The summed E-state index contributed by atoms with van der Waals surface area (Å²) in [5, 5.41) is 11.3. The van der Waals surface area contributed by atoms with Gasteiger partial charge in [0, 0.05) is 13.1 Å². The maximum Gasteiger partial charge on any atom is 0.405 e. The fraction of sp³-hybridized carbons (Fsp3) is 0.933. The standard InChI is InChI=1S/C15H28F3N3O2/c1-11(22)8-21-6-4-13(5-7-21)9-20(3)12(2)14(23)19-10-15(16,17)18/h11-13,22H,4-10H2,1-3H3,(H,19,23)/t11-,12+/m0/s1. The van der Waals surface area contributed by atoms with E-state index in [1.54, 1.807) is 25.8 Å². The van der Waals surface area contributed by atoms with E-state index in [0.29, 0.717) is 19.0 Å². The van der Waals surface area contributed by atoms with Gasteiger partial charge in [0.15, 0.2) is 0 Å². The normalized spacial score (nSPS) is 20.5. The topological polar surface area (TPSA) is 55.8 Å². The first-order valence-electron chi connectivity index (χ1n) is 8.03. The van der Waals surface area contributed by atoms with Crippen LogP contribution in [0.2, 0.25) is 0 Å². The van der Waals surface area contributed by atoms with Crippen molar-refractivity contribution in [2.24, 2.45) is 5.92 Å². The molecule has 1 rings (SSSR count). The van der Waals surface area contributed by atoms with Gasteiger partial charge >= 0.3 is 6.18 Å². The predicted octanol–water partition coefficient (Wildman–Crippen LogP) is 1.08. The molecule has 1 amide bonds. The number of hydrogen-bond acceptors (Lipinski definition) is 4. The summed E-state index contributed by atoms with van der Waals surface area (Å²) in [5.41, 5.74) is 0. The number of likely N-dealkylation sites (N-methyl/N-ethyl adjacent to an activating group) is 1. The van der Waals surface area contributed by atoms with Crippen molar-refractivity contribution in [3.8, 4) is 0 Å². The third kappa shape index (κ3) is 7.99. The summed E-state index contributed by atoms with van der Waals surface area (Å²) in [6, 6.07) is -0.590. The highest BCUT2D eigenvalue weighted by molar-refractivity contribution is 5.81. The van der Waals surface area contributed by atoms with Crippen LogP contribution < -0.4 is 5.32 Å². The van der Waals surface area contributed by atoms with Crippen LogP contribution in [0.15, 0.2) is 0 Å². The van der Waals surface area contributed by atoms with Crippen molar-refractivity contribution in [1.82, 2.24) is 15.1 Å². The van der Waals surface area contributed by atoms with E-state index in [2.05, 4.69) is 4.90 Å². The Morgan fingerprint density at radius 1 is 1.35 bits per heavy atom. The number of aliphatic hydroxyl groups excluding tert-OH is 1. The average molecular weight is 339 g/mol. The molecule has 0 aromatic rings. The van der Waals surface area contributed by atoms with Crippen molar-refractivity contribution in [1.29, 1.82) is 0 Å². The van der Waals surface area contributed by atoms with Gasteiger partial charge in [0.2, 0.25) is 5.91 Å². The zero-order chi connectivity index (χ0) is 17.6. The number of rotatable bonds is 7. The van der Waals surface area contributed by atoms with Gasteiger partial charge in [0.1, 0.15) is 6.54 Å². The van der Waals surface area contributed by atoms with Crippen LogP contribution in [-0.2, 0) is 4.79 Å². The quantitative estimate of drug-likeness (QED) is 0.729. The highest BCUT2D eigenvalue weighted by Crippen LogP contribution is 2.19. The number of halogens is 3. The van der Waals surface area contributed by atoms with Crippen LogP contribution >= 0.6 is 0 Å². The Kier molecular flexibility index (Phi) is 7.76. The van der Waals surface area contributed by atoms with Crippen LogP contribution in [0.3, 0.4) is 0 Å². The minimum absolute atomic E-state index is 0.341. The van der Waals surface area contributed by atoms with Crippen LogP contribution in [0, 0.1) is 5.92 Å². The van der Waals surface area contributed by atoms with E-state index in [1.807, 2.05) is 5.32 Å². The lowest BCUT2D eigenvalue weighted by Crippen LogP contribution is -2.48. The molecule has 0 aromatic carbocycles. The number of piperidine rings is 1. The van der Waals surface area contributed by atoms with Gasteiger partial charge < -0.3 is 15.3 Å². The number of alkyl halides is 3. The third-order valence-electron chi connectivity index (χ3n) is 4.28. The molecule has 0 unspecified atom stereocenters. The Balaban J connectivity index is 2.32. The van der Waals surface area contributed by atoms with E-state index in [4.69, 9.17) is 0 Å². The molecule has 1 aliphatic rings. The van der Waals surface area contributed by atoms with Gasteiger partial charge in [-0.1, -0.05) is 0 Å². The van der Waals surface area contributed by atoms with Crippen molar-refractivity contribution in [3.05, 3.63) is 0 Å². The molecule has 0 saturated carbocycles. The van der Waals surface area contributed by atoms with Crippen molar-refractivity contribution in [2.75, 3.05) is 39.8 Å². The van der Waals surface area contributed by atoms with Crippen LogP contribution in [-0.4, -0.2) is 78.9 Å². The summed E-state index contributed by atoms with van der Waals surface area (Å²) < 4.78 is 36.4. The Bertz CT molecular complexity index is 369. The van der Waals surface area contributed by atoms with E-state index in [1.165, 1.54) is 0 Å². The zero-order valence-electron chi connectivity index (χ0n) is 14.1. The highest BCUT2D eigenvalue weighted by Gasteiger charge is 2.30. The second-order valence-corrected chi connectivity index (χ2v) is 6.54. The number of amides is 1. The minimum Gasteiger partial charge on any atom is -0.392 e. The second kappa shape index (κ2) is 8.84. The summed E-state index contributed by atoms with van der Waals surface area (Å²) in [6.07, 6.45) is -2.79. The third-order valence-corrected chi connectivity index (χ3v) is 4.28. The SMILES string of the molecule is C[C@H](O)CN1CCC(CN(C)[C@H](C)C(=O)NCC(F)(F)F)CC1. The number of carbonyl (C=O) groups excluding carboxylic acids is 1. The predicted molar refractivity (Wildman–Crippen MR) is 82.0 cm³/mol. The van der Waals surface area contributed by atoms with E-state index < -0.39 is 24.7 Å². The minimum atomic E-state index is -4.38. The number of nitrogens with one attached hydrogen (secondary N) is 1. The molecular formula is C15H28F3N3O2. The first kappa shape index (κ1) is 20.2. The maximum atomic E-state index is 12.1. The molecule has 2 atom stereocenters. The highest BCUT2D eigenvalue weighted by atomic mass is 19.4. The van der Waals surface area contributed by atoms with E-state index in [9.17, 15) is 23.1 Å². The van der Waals surface area contributed by atoms with Gasteiger partial charge in [0.25, 0.3) is 0 Å². The van der Waals surface area contributed by atoms with Gasteiger partial charge in [-0.25, -0.2) is 0 Å². The fourth-order valence-electron chi connectivity index (χ4n) is 2.83. The maximum absolute atomic E-state index is 12.1. The average Bonchev–Trinajstić information content (AvgIpc) is 2.44. The molecule has 1 aliphatic heterocycles. The van der Waals surface area contributed by atoms with Crippen molar-refractivity contribution < 1.29 is 23.1 Å². The van der Waals surface area contributed by atoms with Crippen LogP contribution in [0.5, 0.6) is 0 Å². The molecule has 0 radical (unpaired) electrons. The lowest BCUT2D eigenvalue weighted by molar-refractivity contribution is -0.141. The first-order valence-corrected chi connectivity index (χ1v) is 8.03. The number of nitrogens with zero attached hydrogens (tertiary/aromatic N) is 2. The summed E-state index contributed by atoms with van der Waals surface area (Å²) in [6.45, 7) is 5.25. The molecule has 0 aliphatic carbocycles. The Morgan fingerprint density at radius 3 is 2.39 bits per heavy atom. The van der Waals surface area contributed by atoms with Crippen LogP contribution in [0.25, 0.3) is 0 Å². The monoisotopic (exact) mass is 339 g/mol. The van der Waals surface area contributed by atoms with Gasteiger partial charge in [0.05, 0.1) is 12.1 Å². The number of carbonyl (C=O) groups is 1. The molecule has 1 fully saturated rings. The Labute approximate surface area is 135 Å². The molecule has 0 spiro atoms. The van der Waals surface area contributed by atoms with Crippen molar-refractivity contribution in [3.63, 3.8) is 0 Å². The molecule has 1 heterocycles. The molecule has 5 nitrogen and oxygen atoms in total. The van der Waals surface area contributed by atoms with Crippen molar-refractivity contribution in [2.45, 2.75) is 45.0 Å². The largest absolute Gasteiger partial charge is 0.405 e.